The minimum absolute atomic E-state index is 0.679. The van der Waals surface area contributed by atoms with Crippen molar-refractivity contribution < 1.29 is 0 Å². The van der Waals surface area contributed by atoms with Gasteiger partial charge in [0.25, 0.3) is 0 Å². The Morgan fingerprint density at radius 2 is 2.00 bits per heavy atom. The third kappa shape index (κ3) is 1.62. The normalized spacial score (nSPS) is 52.6. The summed E-state index contributed by atoms with van der Waals surface area (Å²) in [5.41, 5.74) is 4.68. The molecular formula is C25H39N. The molecule has 7 unspecified atom stereocenters. The van der Waals surface area contributed by atoms with Crippen LogP contribution in [0.25, 0.3) is 0 Å². The number of unbranched alkanes of at least 4 members (excludes halogenated alkanes) is 1. The molecule has 2 bridgehead atoms. The first-order valence-corrected chi connectivity index (χ1v) is 11.6. The summed E-state index contributed by atoms with van der Waals surface area (Å²) in [5.74, 6) is 3.03. The van der Waals surface area contributed by atoms with E-state index in [4.69, 9.17) is 0 Å². The first kappa shape index (κ1) is 17.5. The molecule has 0 radical (unpaired) electrons. The number of fused-ring (bicyclic) bond motifs is 1. The number of hydrogen-bond donors (Lipinski definition) is 1. The Hall–Kier alpha value is -0.560. The lowest BCUT2D eigenvalue weighted by Crippen LogP contribution is -2.79. The van der Waals surface area contributed by atoms with E-state index in [9.17, 15) is 0 Å². The number of allylic oxidation sites excluding steroid dienone is 4. The van der Waals surface area contributed by atoms with Crippen LogP contribution in [0, 0.1) is 39.4 Å². The summed E-state index contributed by atoms with van der Waals surface area (Å²) in [7, 11) is 0. The zero-order valence-corrected chi connectivity index (χ0v) is 17.5. The Kier molecular flexibility index (Phi) is 3.70. The van der Waals surface area contributed by atoms with Crippen molar-refractivity contribution >= 4 is 0 Å². The van der Waals surface area contributed by atoms with Crippen LogP contribution in [0.3, 0.4) is 0 Å². The maximum absolute atomic E-state index is 3.91. The van der Waals surface area contributed by atoms with Crippen molar-refractivity contribution in [1.29, 1.82) is 0 Å². The smallest absolute Gasteiger partial charge is 0.00140 e. The molecule has 0 heterocycles. The largest absolute Gasteiger partial charge is 0.316 e. The van der Waals surface area contributed by atoms with Gasteiger partial charge in [0.2, 0.25) is 0 Å². The Bertz CT molecular complexity index is 661. The molecule has 0 aromatic rings. The Labute approximate surface area is 161 Å². The Morgan fingerprint density at radius 1 is 1.15 bits per heavy atom. The number of nitrogens with one attached hydrogen (secondary N) is 1. The molecule has 0 aromatic carbocycles. The molecule has 144 valence electrons. The second kappa shape index (κ2) is 5.49. The maximum Gasteiger partial charge on any atom is 0.00140 e. The summed E-state index contributed by atoms with van der Waals surface area (Å²) in [6.07, 6.45) is 18.5. The van der Waals surface area contributed by atoms with Crippen LogP contribution < -0.4 is 5.32 Å². The van der Waals surface area contributed by atoms with Gasteiger partial charge >= 0.3 is 0 Å². The van der Waals surface area contributed by atoms with Crippen LogP contribution in [0.15, 0.2) is 23.8 Å². The molecular weight excluding hydrogens is 314 g/mol. The molecule has 1 N–H and O–H groups in total. The van der Waals surface area contributed by atoms with Gasteiger partial charge in [-0.3, -0.25) is 0 Å². The van der Waals surface area contributed by atoms with Gasteiger partial charge in [0.05, 0.1) is 0 Å². The van der Waals surface area contributed by atoms with Crippen LogP contribution in [-0.2, 0) is 0 Å². The molecule has 26 heavy (non-hydrogen) atoms. The Morgan fingerprint density at radius 3 is 2.69 bits per heavy atom. The molecule has 5 aliphatic carbocycles. The van der Waals surface area contributed by atoms with Crippen LogP contribution in [0.1, 0.15) is 79.1 Å². The fourth-order valence-corrected chi connectivity index (χ4v) is 9.58. The molecule has 1 heteroatoms. The molecule has 0 aromatic heterocycles. The lowest BCUT2D eigenvalue weighted by molar-refractivity contribution is -0.340. The van der Waals surface area contributed by atoms with Crippen LogP contribution in [0.4, 0.5) is 0 Å². The zero-order valence-electron chi connectivity index (χ0n) is 17.5. The lowest BCUT2D eigenvalue weighted by Gasteiger charge is -2.83. The summed E-state index contributed by atoms with van der Waals surface area (Å²) >= 11 is 0. The molecule has 1 nitrogen and oxygen atoms in total. The average molecular weight is 354 g/mol. The van der Waals surface area contributed by atoms with E-state index >= 15 is 0 Å². The fourth-order valence-electron chi connectivity index (χ4n) is 9.58. The first-order valence-electron chi connectivity index (χ1n) is 11.6. The standard InChI is InChI=1S/C25H39N/c1-5-8-10-11-18(4)21-23-14-19(7-3)13-22(16-23,17-26-12-9-6-2)25(23)20-15-24(20,21)25/h8,10-11,19-21,26H,5-7,9,12-17H2,1-4H3/b10-8-,18-11-. The molecule has 0 amide bonds. The minimum atomic E-state index is 0.679. The van der Waals surface area contributed by atoms with Gasteiger partial charge in [-0.2, -0.15) is 0 Å². The van der Waals surface area contributed by atoms with Crippen molar-refractivity contribution in [2.75, 3.05) is 13.1 Å². The van der Waals surface area contributed by atoms with Gasteiger partial charge < -0.3 is 5.32 Å². The summed E-state index contributed by atoms with van der Waals surface area (Å²) in [5, 5.41) is 3.91. The second-order valence-corrected chi connectivity index (χ2v) is 10.6. The van der Waals surface area contributed by atoms with Gasteiger partial charge in [-0.1, -0.05) is 57.4 Å². The fraction of sp³-hybridized carbons (Fsp3) is 0.840. The Balaban J connectivity index is 1.40. The molecule has 0 aliphatic heterocycles. The number of hydrogen-bond acceptors (Lipinski definition) is 1. The molecule has 5 saturated carbocycles. The van der Waals surface area contributed by atoms with E-state index in [-0.39, 0.29) is 0 Å². The van der Waals surface area contributed by atoms with Crippen LogP contribution >= 0.6 is 0 Å². The highest BCUT2D eigenvalue weighted by molar-refractivity contribution is 5.61. The summed E-state index contributed by atoms with van der Waals surface area (Å²) < 4.78 is 0. The monoisotopic (exact) mass is 353 g/mol. The molecule has 5 fully saturated rings. The van der Waals surface area contributed by atoms with Crippen molar-refractivity contribution in [1.82, 2.24) is 5.32 Å². The van der Waals surface area contributed by atoms with E-state index in [1.165, 1.54) is 38.8 Å². The van der Waals surface area contributed by atoms with E-state index in [0.29, 0.717) is 10.8 Å². The average Bonchev–Trinajstić information content (AvgIpc) is 3.47. The summed E-state index contributed by atoms with van der Waals surface area (Å²) in [6.45, 7) is 12.0. The summed E-state index contributed by atoms with van der Waals surface area (Å²) in [4.78, 5) is 0. The molecule has 5 aliphatic rings. The van der Waals surface area contributed by atoms with Crippen LogP contribution in [0.5, 0.6) is 0 Å². The molecule has 0 saturated heterocycles. The van der Waals surface area contributed by atoms with Crippen molar-refractivity contribution in [3.8, 4) is 0 Å². The third-order valence-corrected chi connectivity index (χ3v) is 9.79. The molecule has 3 spiro atoms. The van der Waals surface area contributed by atoms with Gasteiger partial charge in [-0.25, -0.2) is 0 Å². The van der Waals surface area contributed by atoms with Crippen molar-refractivity contribution in [3.05, 3.63) is 23.8 Å². The topological polar surface area (TPSA) is 12.0 Å². The van der Waals surface area contributed by atoms with Gasteiger partial charge in [-0.05, 0) is 91.4 Å². The maximum atomic E-state index is 3.91. The van der Waals surface area contributed by atoms with E-state index in [1.807, 2.05) is 0 Å². The molecule has 7 atom stereocenters. The van der Waals surface area contributed by atoms with Gasteiger partial charge in [0.1, 0.15) is 0 Å². The second-order valence-electron chi connectivity index (χ2n) is 10.6. The lowest BCUT2D eigenvalue weighted by atomic mass is 9.21. The van der Waals surface area contributed by atoms with E-state index in [2.05, 4.69) is 51.2 Å². The quantitative estimate of drug-likeness (QED) is 0.389. The number of rotatable bonds is 9. The predicted octanol–water partition coefficient (Wildman–Crippen LogP) is 6.12. The third-order valence-electron chi connectivity index (χ3n) is 9.79. The van der Waals surface area contributed by atoms with E-state index < -0.39 is 0 Å². The van der Waals surface area contributed by atoms with Crippen LogP contribution in [-0.4, -0.2) is 13.1 Å². The van der Waals surface area contributed by atoms with Gasteiger partial charge in [0.15, 0.2) is 0 Å². The van der Waals surface area contributed by atoms with E-state index in [0.717, 1.165) is 35.0 Å². The molecule has 5 rings (SSSR count). The highest BCUT2D eigenvalue weighted by Gasteiger charge is 3.12. The van der Waals surface area contributed by atoms with Crippen LogP contribution in [0.2, 0.25) is 0 Å². The van der Waals surface area contributed by atoms with E-state index in [1.54, 1.807) is 24.8 Å². The minimum Gasteiger partial charge on any atom is -0.316 e. The highest BCUT2D eigenvalue weighted by Crippen LogP contribution is 3.16. The SMILES string of the molecule is CC/C=C\C=C(\C)C1C23CC(CC)CC(CNCCCC)(C2)C32C3CC132. The van der Waals surface area contributed by atoms with Crippen molar-refractivity contribution in [2.24, 2.45) is 39.4 Å². The zero-order chi connectivity index (χ0) is 18.2. The first-order chi connectivity index (χ1) is 12.6. The van der Waals surface area contributed by atoms with Crippen molar-refractivity contribution in [2.45, 2.75) is 79.1 Å². The summed E-state index contributed by atoms with van der Waals surface area (Å²) in [6, 6.07) is 0. The van der Waals surface area contributed by atoms with Crippen molar-refractivity contribution in [3.63, 3.8) is 0 Å². The van der Waals surface area contributed by atoms with Gasteiger partial charge in [0, 0.05) is 6.54 Å². The predicted molar refractivity (Wildman–Crippen MR) is 110 cm³/mol. The highest BCUT2D eigenvalue weighted by atomic mass is 15.2. The van der Waals surface area contributed by atoms with Gasteiger partial charge in [-0.15, -0.1) is 0 Å².